The fraction of sp³-hybridized carbons (Fsp3) is 0.722. The maximum Gasteiger partial charge on any atom is 0.207 e. The number of carbonyl (C=O) groups excluding carboxylic acids is 1. The minimum Gasteiger partial charge on any atom is -0.493 e. The van der Waals surface area contributed by atoms with Crippen molar-refractivity contribution >= 4 is 5.78 Å². The van der Waals surface area contributed by atoms with E-state index in [1.54, 1.807) is 7.11 Å². The van der Waals surface area contributed by atoms with Gasteiger partial charge < -0.3 is 14.7 Å². The summed E-state index contributed by atoms with van der Waals surface area (Å²) in [5.41, 5.74) is 1.49. The maximum absolute atomic E-state index is 13.3. The lowest BCUT2D eigenvalue weighted by atomic mass is 9.63. The van der Waals surface area contributed by atoms with Crippen LogP contribution in [-0.4, -0.2) is 49.1 Å². The second kappa shape index (κ2) is 5.82. The number of Topliss-reactive ketones (excluding diaryl/α,β-unsaturated/α-hetero) is 1. The van der Waals surface area contributed by atoms with Crippen molar-refractivity contribution in [3.8, 4) is 0 Å². The summed E-state index contributed by atoms with van der Waals surface area (Å²) < 4.78 is 5.44. The fourth-order valence-corrected chi connectivity index (χ4v) is 4.79. The van der Waals surface area contributed by atoms with Gasteiger partial charge in [-0.05, 0) is 69.7 Å². The summed E-state index contributed by atoms with van der Waals surface area (Å²) in [6.45, 7) is 3.97. The van der Waals surface area contributed by atoms with E-state index in [-0.39, 0.29) is 11.7 Å². The number of ether oxygens (including phenoxy) is 1. The van der Waals surface area contributed by atoms with Crippen molar-refractivity contribution in [1.82, 2.24) is 4.90 Å². The van der Waals surface area contributed by atoms with Gasteiger partial charge in [0.05, 0.1) is 18.6 Å². The van der Waals surface area contributed by atoms with E-state index in [1.807, 2.05) is 6.92 Å². The molecule has 0 aromatic carbocycles. The molecule has 0 aromatic rings. The molecule has 0 aromatic heterocycles. The number of hydrogen-bond acceptors (Lipinski definition) is 4. The molecule has 3 rings (SSSR count). The van der Waals surface area contributed by atoms with Crippen LogP contribution >= 0.6 is 0 Å². The first kappa shape index (κ1) is 15.8. The highest BCUT2D eigenvalue weighted by molar-refractivity contribution is 6.02. The van der Waals surface area contributed by atoms with E-state index < -0.39 is 11.5 Å². The Balaban J connectivity index is 2.07. The smallest absolute Gasteiger partial charge is 0.207 e. The molecule has 0 saturated heterocycles. The van der Waals surface area contributed by atoms with Gasteiger partial charge in [0.2, 0.25) is 5.78 Å². The number of methoxy groups -OCH3 is 1. The molecule has 1 aliphatic heterocycles. The predicted octanol–water partition coefficient (Wildman–Crippen LogP) is 2.29. The summed E-state index contributed by atoms with van der Waals surface area (Å²) in [7, 11) is 3.71. The third-order valence-electron chi connectivity index (χ3n) is 5.82. The number of nitrogens with zero attached hydrogens (tertiary/aromatic N) is 1. The molecule has 122 valence electrons. The highest BCUT2D eigenvalue weighted by Crippen LogP contribution is 2.57. The largest absolute Gasteiger partial charge is 0.493 e. The molecule has 0 radical (unpaired) electrons. The van der Waals surface area contributed by atoms with Crippen molar-refractivity contribution in [2.45, 2.75) is 45.1 Å². The Morgan fingerprint density at radius 3 is 2.91 bits per heavy atom. The molecule has 2 aliphatic carbocycles. The van der Waals surface area contributed by atoms with Gasteiger partial charge in [0.1, 0.15) is 0 Å². The van der Waals surface area contributed by atoms with E-state index >= 15 is 0 Å². The van der Waals surface area contributed by atoms with Gasteiger partial charge in [-0.2, -0.15) is 0 Å². The predicted molar refractivity (Wildman–Crippen MR) is 85.3 cm³/mol. The Labute approximate surface area is 132 Å². The average molecular weight is 305 g/mol. The molecule has 4 nitrogen and oxygen atoms in total. The Morgan fingerprint density at radius 2 is 2.18 bits per heavy atom. The summed E-state index contributed by atoms with van der Waals surface area (Å²) in [6.07, 6.45) is 5.94. The summed E-state index contributed by atoms with van der Waals surface area (Å²) in [5.74, 6) is 0.864. The molecule has 1 spiro atoms. The number of aliphatic hydroxyl groups excluding tert-OH is 1. The van der Waals surface area contributed by atoms with Crippen molar-refractivity contribution in [1.29, 1.82) is 0 Å². The van der Waals surface area contributed by atoms with Gasteiger partial charge >= 0.3 is 0 Å². The molecule has 1 N–H and O–H groups in total. The van der Waals surface area contributed by atoms with Gasteiger partial charge in [-0.15, -0.1) is 0 Å². The van der Waals surface area contributed by atoms with E-state index in [1.165, 1.54) is 0 Å². The summed E-state index contributed by atoms with van der Waals surface area (Å²) in [4.78, 5) is 15.6. The first-order chi connectivity index (χ1) is 10.5. The highest BCUT2D eigenvalue weighted by Gasteiger charge is 2.58. The third kappa shape index (κ3) is 2.24. The molecule has 1 saturated carbocycles. The second-order valence-corrected chi connectivity index (χ2v) is 7.12. The zero-order chi connectivity index (χ0) is 15.9. The van der Waals surface area contributed by atoms with Crippen LogP contribution in [0.5, 0.6) is 0 Å². The molecule has 0 amide bonds. The molecule has 1 heterocycles. The Morgan fingerprint density at radius 1 is 1.41 bits per heavy atom. The minimum atomic E-state index is -0.518. The lowest BCUT2D eigenvalue weighted by Gasteiger charge is -2.40. The topological polar surface area (TPSA) is 49.8 Å². The lowest BCUT2D eigenvalue weighted by molar-refractivity contribution is -0.129. The average Bonchev–Trinajstić information content (AvgIpc) is 2.76. The van der Waals surface area contributed by atoms with Crippen LogP contribution in [0.3, 0.4) is 0 Å². The molecule has 0 bridgehead atoms. The third-order valence-corrected chi connectivity index (χ3v) is 5.82. The number of hydrogen-bond donors (Lipinski definition) is 1. The van der Waals surface area contributed by atoms with Gasteiger partial charge in [-0.3, -0.25) is 4.79 Å². The van der Waals surface area contributed by atoms with Gasteiger partial charge in [0.25, 0.3) is 0 Å². The van der Waals surface area contributed by atoms with E-state index in [0.29, 0.717) is 12.2 Å². The van der Waals surface area contributed by atoms with Crippen molar-refractivity contribution in [3.05, 3.63) is 23.0 Å². The Bertz CT molecular complexity index is 536. The monoisotopic (exact) mass is 305 g/mol. The van der Waals surface area contributed by atoms with Crippen LogP contribution in [0.15, 0.2) is 23.0 Å². The fourth-order valence-electron chi connectivity index (χ4n) is 4.79. The number of rotatable bonds is 1. The lowest BCUT2D eigenvalue weighted by Crippen LogP contribution is -2.42. The normalized spacial score (nSPS) is 36.9. The molecular weight excluding hydrogens is 278 g/mol. The van der Waals surface area contributed by atoms with Crippen molar-refractivity contribution in [2.75, 3.05) is 27.2 Å². The molecular formula is C18H27NO3. The van der Waals surface area contributed by atoms with Gasteiger partial charge in [-0.25, -0.2) is 0 Å². The summed E-state index contributed by atoms with van der Waals surface area (Å²) in [5, 5.41) is 10.6. The first-order valence-electron chi connectivity index (χ1n) is 8.36. The van der Waals surface area contributed by atoms with Crippen LogP contribution < -0.4 is 0 Å². The van der Waals surface area contributed by atoms with E-state index in [4.69, 9.17) is 4.74 Å². The molecule has 0 unspecified atom stereocenters. The molecule has 3 atom stereocenters. The zero-order valence-corrected chi connectivity index (χ0v) is 13.9. The van der Waals surface area contributed by atoms with Crippen molar-refractivity contribution < 1.29 is 14.6 Å². The van der Waals surface area contributed by atoms with Gasteiger partial charge in [0.15, 0.2) is 5.76 Å². The van der Waals surface area contributed by atoms with E-state index in [9.17, 15) is 9.90 Å². The minimum absolute atomic E-state index is 0.108. The molecule has 22 heavy (non-hydrogen) atoms. The summed E-state index contributed by atoms with van der Waals surface area (Å²) in [6, 6.07) is 0. The van der Waals surface area contributed by atoms with Crippen LogP contribution in [0.4, 0.5) is 0 Å². The molecule has 3 aliphatic rings. The van der Waals surface area contributed by atoms with Crippen molar-refractivity contribution in [3.63, 3.8) is 0 Å². The standard InChI is InChI=1S/C18H27NO3/c1-12-10-13-11-15(20)14-6-4-8-19(2)9-5-7-18(13,14)17(21)16(12)22-3/h6,13,15,20H,4-5,7-11H2,1-3H3/t13-,15-,18-/m0/s1. The van der Waals surface area contributed by atoms with Crippen LogP contribution in [0.2, 0.25) is 0 Å². The van der Waals surface area contributed by atoms with Crippen LogP contribution in [-0.2, 0) is 9.53 Å². The number of allylic oxidation sites excluding steroid dienone is 2. The Hall–Kier alpha value is -1.13. The quantitative estimate of drug-likeness (QED) is 0.755. The zero-order valence-electron chi connectivity index (χ0n) is 13.9. The first-order valence-corrected chi connectivity index (χ1v) is 8.36. The summed E-state index contributed by atoms with van der Waals surface area (Å²) >= 11 is 0. The number of aliphatic hydroxyl groups is 1. The van der Waals surface area contributed by atoms with Crippen molar-refractivity contribution in [2.24, 2.45) is 11.3 Å². The van der Waals surface area contributed by atoms with Crippen LogP contribution in [0.1, 0.15) is 39.0 Å². The Kier molecular flexibility index (Phi) is 4.17. The van der Waals surface area contributed by atoms with Gasteiger partial charge in [-0.1, -0.05) is 6.08 Å². The maximum atomic E-state index is 13.3. The number of carbonyl (C=O) groups is 1. The van der Waals surface area contributed by atoms with Crippen LogP contribution in [0.25, 0.3) is 0 Å². The number of ketones is 1. The molecule has 4 heteroatoms. The van der Waals surface area contributed by atoms with Gasteiger partial charge in [0, 0.05) is 6.54 Å². The highest BCUT2D eigenvalue weighted by atomic mass is 16.5. The molecule has 1 fully saturated rings. The van der Waals surface area contributed by atoms with E-state index in [2.05, 4.69) is 18.0 Å². The second-order valence-electron chi connectivity index (χ2n) is 7.12. The SMILES string of the molecule is COC1=C(C)C[C@H]2C[C@H](O)C3=CCCN(C)CCC[C@@]32C1=O. The van der Waals surface area contributed by atoms with E-state index in [0.717, 1.165) is 49.9 Å². The van der Waals surface area contributed by atoms with Crippen LogP contribution in [0, 0.1) is 11.3 Å².